The lowest BCUT2D eigenvalue weighted by atomic mass is 10.1. The van der Waals surface area contributed by atoms with Crippen LogP contribution >= 0.6 is 11.6 Å². The van der Waals surface area contributed by atoms with E-state index in [4.69, 9.17) is 16.3 Å². The van der Waals surface area contributed by atoms with Gasteiger partial charge in [0.25, 0.3) is 5.56 Å². The maximum absolute atomic E-state index is 12.5. The van der Waals surface area contributed by atoms with Gasteiger partial charge in [-0.05, 0) is 30.3 Å². The fourth-order valence-electron chi connectivity index (χ4n) is 2.59. The molecule has 0 amide bonds. The zero-order chi connectivity index (χ0) is 20.1. The Balaban J connectivity index is 1.75. The molecule has 1 aromatic heterocycles. The van der Waals surface area contributed by atoms with Crippen molar-refractivity contribution in [2.45, 2.75) is 11.4 Å². The first-order valence-corrected chi connectivity index (χ1v) is 10.2. The lowest BCUT2D eigenvalue weighted by molar-refractivity contribution is 0.402. The molecule has 0 spiro atoms. The minimum Gasteiger partial charge on any atom is -0.495 e. The number of methoxy groups -OCH3 is 1. The summed E-state index contributed by atoms with van der Waals surface area (Å²) in [6, 6.07) is 16.4. The second-order valence-corrected chi connectivity index (χ2v) is 8.01. The Morgan fingerprint density at radius 3 is 2.50 bits per heavy atom. The molecule has 0 fully saturated rings. The summed E-state index contributed by atoms with van der Waals surface area (Å²) in [5, 5.41) is 4.90. The third-order valence-corrected chi connectivity index (χ3v) is 5.73. The van der Waals surface area contributed by atoms with Crippen LogP contribution in [0.3, 0.4) is 0 Å². The van der Waals surface area contributed by atoms with Crippen LogP contribution in [0.5, 0.6) is 5.75 Å². The number of ether oxygens (including phenoxy) is 1. The number of para-hydroxylation sites is 1. The first-order chi connectivity index (χ1) is 13.4. The lowest BCUT2D eigenvalue weighted by Gasteiger charge is -2.11. The molecule has 1 N–H and O–H groups in total. The minimum absolute atomic E-state index is 0.00262. The lowest BCUT2D eigenvalue weighted by Crippen LogP contribution is -2.32. The minimum atomic E-state index is -3.79. The molecule has 0 aliphatic rings. The van der Waals surface area contributed by atoms with Crippen LogP contribution in [-0.2, 0) is 16.6 Å². The van der Waals surface area contributed by atoms with Crippen molar-refractivity contribution in [3.05, 3.63) is 76.0 Å². The van der Waals surface area contributed by atoms with Crippen LogP contribution in [0, 0.1) is 0 Å². The molecule has 0 aliphatic carbocycles. The van der Waals surface area contributed by atoms with E-state index in [-0.39, 0.29) is 29.3 Å². The van der Waals surface area contributed by atoms with Gasteiger partial charge in [-0.25, -0.2) is 17.8 Å². The quantitative estimate of drug-likeness (QED) is 0.635. The van der Waals surface area contributed by atoms with Gasteiger partial charge < -0.3 is 4.74 Å². The maximum atomic E-state index is 12.5. The van der Waals surface area contributed by atoms with Crippen molar-refractivity contribution >= 4 is 21.6 Å². The van der Waals surface area contributed by atoms with Crippen molar-refractivity contribution in [1.29, 1.82) is 0 Å². The van der Waals surface area contributed by atoms with Gasteiger partial charge in [-0.2, -0.15) is 5.10 Å². The van der Waals surface area contributed by atoms with E-state index in [1.54, 1.807) is 48.5 Å². The van der Waals surface area contributed by atoms with Crippen molar-refractivity contribution in [3.63, 3.8) is 0 Å². The van der Waals surface area contributed by atoms with E-state index in [2.05, 4.69) is 9.82 Å². The molecule has 0 bridgehead atoms. The van der Waals surface area contributed by atoms with Crippen LogP contribution in [0.1, 0.15) is 0 Å². The standard InChI is InChI=1S/C19H18ClN3O4S/c1-27-17-4-2-3-5-18(17)28(25,26)21-12-13-23-19(24)11-10-16(22-23)14-6-8-15(20)9-7-14/h2-11,21H,12-13H2,1H3. The molecule has 2 aromatic carbocycles. The number of halogens is 1. The number of sulfonamides is 1. The number of rotatable bonds is 7. The topological polar surface area (TPSA) is 90.3 Å². The smallest absolute Gasteiger partial charge is 0.266 e. The highest BCUT2D eigenvalue weighted by molar-refractivity contribution is 7.89. The van der Waals surface area contributed by atoms with Crippen molar-refractivity contribution in [2.75, 3.05) is 13.7 Å². The molecule has 1 heterocycles. The molecule has 0 unspecified atom stereocenters. The molecule has 0 atom stereocenters. The number of benzene rings is 2. The van der Waals surface area contributed by atoms with Crippen molar-refractivity contribution in [2.24, 2.45) is 0 Å². The van der Waals surface area contributed by atoms with Gasteiger partial charge in [-0.3, -0.25) is 4.79 Å². The summed E-state index contributed by atoms with van der Waals surface area (Å²) in [7, 11) is -2.38. The Morgan fingerprint density at radius 1 is 1.07 bits per heavy atom. The summed E-state index contributed by atoms with van der Waals surface area (Å²) < 4.78 is 33.8. The van der Waals surface area contributed by atoms with Gasteiger partial charge >= 0.3 is 0 Å². The van der Waals surface area contributed by atoms with Crippen molar-refractivity contribution in [3.8, 4) is 17.0 Å². The first kappa shape index (κ1) is 20.1. The van der Waals surface area contributed by atoms with Crippen LogP contribution in [0.2, 0.25) is 5.02 Å². The number of hydrogen-bond donors (Lipinski definition) is 1. The van der Waals surface area contributed by atoms with Crippen LogP contribution < -0.4 is 15.0 Å². The van der Waals surface area contributed by atoms with Gasteiger partial charge in [0.05, 0.1) is 19.3 Å². The molecule has 146 valence electrons. The number of hydrogen-bond acceptors (Lipinski definition) is 5. The van der Waals surface area contributed by atoms with E-state index in [0.717, 1.165) is 5.56 Å². The maximum Gasteiger partial charge on any atom is 0.266 e. The summed E-state index contributed by atoms with van der Waals surface area (Å²) in [5.74, 6) is 0.245. The number of nitrogens with one attached hydrogen (secondary N) is 1. The monoisotopic (exact) mass is 419 g/mol. The third kappa shape index (κ3) is 4.59. The van der Waals surface area contributed by atoms with Gasteiger partial charge in [0, 0.05) is 23.2 Å². The van der Waals surface area contributed by atoms with Gasteiger partial charge in [0.1, 0.15) is 10.6 Å². The molecule has 7 nitrogen and oxygen atoms in total. The van der Waals surface area contributed by atoms with E-state index in [1.165, 1.54) is 23.9 Å². The highest BCUT2D eigenvalue weighted by Gasteiger charge is 2.18. The molecular formula is C19H18ClN3O4S. The first-order valence-electron chi connectivity index (χ1n) is 8.37. The van der Waals surface area contributed by atoms with E-state index in [1.807, 2.05) is 0 Å². The largest absolute Gasteiger partial charge is 0.495 e. The predicted molar refractivity (Wildman–Crippen MR) is 107 cm³/mol. The highest BCUT2D eigenvalue weighted by Crippen LogP contribution is 2.22. The average Bonchev–Trinajstić information content (AvgIpc) is 2.70. The summed E-state index contributed by atoms with van der Waals surface area (Å²) >= 11 is 5.89. The fraction of sp³-hybridized carbons (Fsp3) is 0.158. The molecule has 0 saturated heterocycles. The van der Waals surface area contributed by atoms with Crippen LogP contribution in [0.4, 0.5) is 0 Å². The Kier molecular flexibility index (Phi) is 6.13. The fourth-order valence-corrected chi connectivity index (χ4v) is 3.90. The molecule has 0 saturated carbocycles. The summed E-state index contributed by atoms with van der Waals surface area (Å²) in [6.45, 7) is 0.0754. The van der Waals surface area contributed by atoms with Crippen LogP contribution in [0.25, 0.3) is 11.3 Å². The SMILES string of the molecule is COc1ccccc1S(=O)(=O)NCCn1nc(-c2ccc(Cl)cc2)ccc1=O. The average molecular weight is 420 g/mol. The predicted octanol–water partition coefficient (Wildman–Crippen LogP) is 2.55. The Morgan fingerprint density at radius 2 is 1.79 bits per heavy atom. The van der Waals surface area contributed by atoms with Gasteiger partial charge in [-0.1, -0.05) is 35.9 Å². The number of nitrogens with zero attached hydrogens (tertiary/aromatic N) is 2. The highest BCUT2D eigenvalue weighted by atomic mass is 35.5. The molecule has 28 heavy (non-hydrogen) atoms. The van der Waals surface area contributed by atoms with Crippen molar-refractivity contribution in [1.82, 2.24) is 14.5 Å². The second-order valence-electron chi connectivity index (χ2n) is 5.84. The van der Waals surface area contributed by atoms with Gasteiger partial charge in [0.2, 0.25) is 10.0 Å². The Hall–Kier alpha value is -2.68. The van der Waals surface area contributed by atoms with Crippen LogP contribution in [0.15, 0.2) is 70.4 Å². The Bertz CT molecular complexity index is 1130. The third-order valence-electron chi connectivity index (χ3n) is 3.98. The normalized spacial score (nSPS) is 11.4. The van der Waals surface area contributed by atoms with E-state index < -0.39 is 10.0 Å². The van der Waals surface area contributed by atoms with Crippen LogP contribution in [-0.4, -0.2) is 31.9 Å². The zero-order valence-electron chi connectivity index (χ0n) is 15.0. The molecular weight excluding hydrogens is 402 g/mol. The summed E-state index contributed by atoms with van der Waals surface area (Å²) in [6.07, 6.45) is 0. The second kappa shape index (κ2) is 8.55. The molecule has 3 rings (SSSR count). The van der Waals surface area contributed by atoms with Gasteiger partial charge in [-0.15, -0.1) is 0 Å². The molecule has 3 aromatic rings. The van der Waals surface area contributed by atoms with Gasteiger partial charge in [0.15, 0.2) is 0 Å². The van der Waals surface area contributed by atoms with E-state index in [0.29, 0.717) is 10.7 Å². The Labute approximate surface area is 167 Å². The zero-order valence-corrected chi connectivity index (χ0v) is 16.6. The molecule has 0 radical (unpaired) electrons. The van der Waals surface area contributed by atoms with E-state index >= 15 is 0 Å². The van der Waals surface area contributed by atoms with E-state index in [9.17, 15) is 13.2 Å². The summed E-state index contributed by atoms with van der Waals surface area (Å²) in [5.41, 5.74) is 1.06. The molecule has 9 heteroatoms. The number of aromatic nitrogens is 2. The van der Waals surface area contributed by atoms with Crippen molar-refractivity contribution < 1.29 is 13.2 Å². The molecule has 0 aliphatic heterocycles. The summed E-state index contributed by atoms with van der Waals surface area (Å²) in [4.78, 5) is 12.1.